The molecule has 0 saturated carbocycles. The first kappa shape index (κ1) is 17.6. The number of nitrogens with zero attached hydrogens (tertiary/aromatic N) is 3. The second kappa shape index (κ2) is 5.42. The van der Waals surface area contributed by atoms with Crippen LogP contribution in [0.5, 0.6) is 0 Å². The van der Waals surface area contributed by atoms with Gasteiger partial charge in [-0.1, -0.05) is 0 Å². The first-order valence-corrected chi connectivity index (χ1v) is 9.60. The van der Waals surface area contributed by atoms with E-state index in [0.29, 0.717) is 0 Å². The van der Waals surface area contributed by atoms with Crippen LogP contribution >= 0.6 is 16.2 Å². The fourth-order valence-corrected chi connectivity index (χ4v) is 3.92. The molecular formula is C12H13F6N3P2. The van der Waals surface area contributed by atoms with Gasteiger partial charge in [-0.3, -0.25) is 0 Å². The van der Waals surface area contributed by atoms with E-state index in [4.69, 9.17) is 0 Å². The quantitative estimate of drug-likeness (QED) is 0.373. The van der Waals surface area contributed by atoms with Crippen LogP contribution in [0, 0.1) is 0 Å². The molecule has 0 unspecified atom stereocenters. The van der Waals surface area contributed by atoms with E-state index in [2.05, 4.69) is 86.6 Å². The van der Waals surface area contributed by atoms with Gasteiger partial charge < -0.3 is 0 Å². The van der Waals surface area contributed by atoms with Crippen molar-refractivity contribution >= 4 is 16.2 Å². The van der Waals surface area contributed by atoms with Gasteiger partial charge >= 0.3 is 33.0 Å². The SMILES string of the molecule is F[P-](F)(F)(F)(F)F.c1ccn([PH+](n2cccc2)n2cccc2)c1. The first-order valence-electron chi connectivity index (χ1n) is 6.23. The van der Waals surface area contributed by atoms with Crippen LogP contribution in [0.15, 0.2) is 73.6 Å². The van der Waals surface area contributed by atoms with Crippen molar-refractivity contribution in [1.29, 1.82) is 0 Å². The molecule has 3 aromatic heterocycles. The summed E-state index contributed by atoms with van der Waals surface area (Å²) in [6, 6.07) is 12.4. The summed E-state index contributed by atoms with van der Waals surface area (Å²) in [4.78, 5) is 0. The minimum absolute atomic E-state index is 0.998. The van der Waals surface area contributed by atoms with Crippen molar-refractivity contribution in [3.63, 3.8) is 0 Å². The molecule has 0 saturated heterocycles. The van der Waals surface area contributed by atoms with Crippen LogP contribution in [0.3, 0.4) is 0 Å². The molecule has 0 aliphatic heterocycles. The van der Waals surface area contributed by atoms with E-state index in [1.807, 2.05) is 0 Å². The summed E-state index contributed by atoms with van der Waals surface area (Å²) < 4.78 is 66.0. The Bertz CT molecular complexity index is 625. The zero-order chi connectivity index (χ0) is 17.2. The van der Waals surface area contributed by atoms with Crippen LogP contribution in [0.2, 0.25) is 0 Å². The van der Waals surface area contributed by atoms with E-state index < -0.39 is 16.2 Å². The third-order valence-corrected chi connectivity index (χ3v) is 4.79. The Kier molecular flexibility index (Phi) is 4.16. The van der Waals surface area contributed by atoms with Gasteiger partial charge in [0.05, 0.1) is 0 Å². The van der Waals surface area contributed by atoms with Crippen LogP contribution in [-0.2, 0) is 0 Å². The summed E-state index contributed by atoms with van der Waals surface area (Å²) in [6.45, 7) is 0. The number of halogens is 6. The Hall–Kier alpha value is -1.72. The number of hydrogen-bond donors (Lipinski definition) is 0. The second-order valence-corrected chi connectivity index (χ2v) is 8.60. The molecule has 0 N–H and O–H groups in total. The maximum Gasteiger partial charge on any atom is 0.293 e. The molecule has 3 aromatic rings. The normalized spacial score (nSPS) is 14.7. The van der Waals surface area contributed by atoms with Gasteiger partial charge in [0.25, 0.3) is 8.37 Å². The van der Waals surface area contributed by atoms with Gasteiger partial charge in [-0.05, 0) is 36.4 Å². The van der Waals surface area contributed by atoms with Crippen molar-refractivity contribution in [2.24, 2.45) is 0 Å². The molecule has 3 heterocycles. The minimum Gasteiger partial charge on any atom is -0.193 e. The molecule has 0 spiro atoms. The Morgan fingerprint density at radius 3 is 0.826 bits per heavy atom. The predicted molar refractivity (Wildman–Crippen MR) is 81.4 cm³/mol. The maximum atomic E-state index is 9.87. The molecule has 11 heteroatoms. The van der Waals surface area contributed by atoms with Crippen molar-refractivity contribution < 1.29 is 25.2 Å². The second-order valence-electron chi connectivity index (χ2n) is 4.53. The summed E-state index contributed by atoms with van der Waals surface area (Å²) >= 11 is 0. The molecule has 0 aliphatic rings. The molecular weight excluding hydrogens is 362 g/mol. The molecule has 128 valence electrons. The molecule has 0 aliphatic carbocycles. The van der Waals surface area contributed by atoms with Crippen molar-refractivity contribution in [3.8, 4) is 0 Å². The van der Waals surface area contributed by atoms with Crippen molar-refractivity contribution in [1.82, 2.24) is 13.0 Å². The Morgan fingerprint density at radius 2 is 0.652 bits per heavy atom. The zero-order valence-electron chi connectivity index (χ0n) is 11.5. The van der Waals surface area contributed by atoms with Crippen LogP contribution < -0.4 is 0 Å². The Labute approximate surface area is 128 Å². The standard InChI is InChI=1S/C12H12N3P.F6P/c1-2-8-13(7-1)16(14-9-3-4-10-14)15-11-5-6-12-15;1-7(2,3,4,5)6/h1-12H;/q;-1/p+1. The summed E-state index contributed by atoms with van der Waals surface area (Å²) in [5, 5.41) is 0. The number of rotatable bonds is 3. The molecule has 0 fully saturated rings. The van der Waals surface area contributed by atoms with Gasteiger partial charge in [-0.15, -0.1) is 0 Å². The van der Waals surface area contributed by atoms with Gasteiger partial charge in [0.2, 0.25) is 0 Å². The summed E-state index contributed by atoms with van der Waals surface area (Å²) in [7, 11) is -11.7. The van der Waals surface area contributed by atoms with E-state index in [1.165, 1.54) is 0 Å². The fourth-order valence-electron chi connectivity index (χ4n) is 1.80. The third kappa shape index (κ3) is 6.93. The average Bonchev–Trinajstić information content (AvgIpc) is 3.09. The summed E-state index contributed by atoms with van der Waals surface area (Å²) in [5.74, 6) is 0. The van der Waals surface area contributed by atoms with E-state index in [-0.39, 0.29) is 0 Å². The van der Waals surface area contributed by atoms with E-state index >= 15 is 0 Å². The van der Waals surface area contributed by atoms with E-state index in [0.717, 1.165) is 0 Å². The van der Waals surface area contributed by atoms with Crippen LogP contribution in [0.4, 0.5) is 25.2 Å². The van der Waals surface area contributed by atoms with Crippen molar-refractivity contribution in [2.45, 2.75) is 0 Å². The smallest absolute Gasteiger partial charge is 0.193 e. The topological polar surface area (TPSA) is 14.8 Å². The maximum absolute atomic E-state index is 10.7. The zero-order valence-corrected chi connectivity index (χ0v) is 13.4. The van der Waals surface area contributed by atoms with Gasteiger partial charge in [0.1, 0.15) is 0 Å². The van der Waals surface area contributed by atoms with Gasteiger partial charge in [0, 0.05) is 37.2 Å². The molecule has 23 heavy (non-hydrogen) atoms. The number of hydrogen-bond acceptors (Lipinski definition) is 0. The monoisotopic (exact) mass is 375 g/mol. The molecule has 3 rings (SSSR count). The molecule has 0 radical (unpaired) electrons. The van der Waals surface area contributed by atoms with Crippen LogP contribution in [-0.4, -0.2) is 13.0 Å². The third-order valence-electron chi connectivity index (χ3n) is 2.51. The first-order chi connectivity index (χ1) is 10.4. The molecule has 0 aromatic carbocycles. The van der Waals surface area contributed by atoms with Crippen molar-refractivity contribution in [3.05, 3.63) is 73.6 Å². The summed E-state index contributed by atoms with van der Waals surface area (Å²) in [5.41, 5.74) is 0. The minimum atomic E-state index is -10.7. The molecule has 0 atom stereocenters. The Balaban J connectivity index is 0.000000236. The van der Waals surface area contributed by atoms with Gasteiger partial charge in [-0.2, -0.15) is 13.0 Å². The van der Waals surface area contributed by atoms with Crippen LogP contribution in [0.25, 0.3) is 0 Å². The van der Waals surface area contributed by atoms with Gasteiger partial charge in [-0.25, -0.2) is 0 Å². The van der Waals surface area contributed by atoms with E-state index in [1.54, 1.807) is 0 Å². The molecule has 0 amide bonds. The fraction of sp³-hybridized carbons (Fsp3) is 0. The van der Waals surface area contributed by atoms with Gasteiger partial charge in [0.15, 0.2) is 0 Å². The van der Waals surface area contributed by atoms with E-state index in [9.17, 15) is 25.2 Å². The van der Waals surface area contributed by atoms with Crippen molar-refractivity contribution in [2.75, 3.05) is 0 Å². The summed E-state index contributed by atoms with van der Waals surface area (Å²) in [6.07, 6.45) is 12.7. The molecule has 3 nitrogen and oxygen atoms in total. The average molecular weight is 375 g/mol. The largest absolute Gasteiger partial charge is 0.293 e. The number of aromatic nitrogens is 3. The van der Waals surface area contributed by atoms with Crippen LogP contribution in [0.1, 0.15) is 0 Å². The Morgan fingerprint density at radius 1 is 0.478 bits per heavy atom. The predicted octanol–water partition coefficient (Wildman–Crippen LogP) is 6.38. The molecule has 0 bridgehead atoms.